The second kappa shape index (κ2) is 7.11. The third-order valence-corrected chi connectivity index (χ3v) is 3.80. The molecular formula is C19H21N3O. The van der Waals surface area contributed by atoms with E-state index in [1.807, 2.05) is 30.3 Å². The summed E-state index contributed by atoms with van der Waals surface area (Å²) in [5, 5.41) is 3.46. The molecule has 3 aromatic rings. The first-order chi connectivity index (χ1) is 11.3. The monoisotopic (exact) mass is 307 g/mol. The van der Waals surface area contributed by atoms with Gasteiger partial charge in [0.2, 0.25) is 0 Å². The molecule has 23 heavy (non-hydrogen) atoms. The van der Waals surface area contributed by atoms with Gasteiger partial charge < -0.3 is 14.6 Å². The van der Waals surface area contributed by atoms with E-state index in [-0.39, 0.29) is 0 Å². The van der Waals surface area contributed by atoms with Gasteiger partial charge in [0.25, 0.3) is 0 Å². The third-order valence-electron chi connectivity index (χ3n) is 3.80. The molecule has 2 aromatic carbocycles. The maximum atomic E-state index is 5.29. The Morgan fingerprint density at radius 2 is 2.00 bits per heavy atom. The van der Waals surface area contributed by atoms with Crippen molar-refractivity contribution in [3.8, 4) is 5.75 Å². The Balaban J connectivity index is 1.81. The summed E-state index contributed by atoms with van der Waals surface area (Å²) in [5.41, 5.74) is 3.31. The molecule has 0 atom stereocenters. The van der Waals surface area contributed by atoms with Crippen molar-refractivity contribution in [3.05, 3.63) is 72.6 Å². The average molecular weight is 307 g/mol. The van der Waals surface area contributed by atoms with Crippen molar-refractivity contribution in [2.45, 2.75) is 19.6 Å². The van der Waals surface area contributed by atoms with E-state index in [1.54, 1.807) is 7.11 Å². The van der Waals surface area contributed by atoms with Gasteiger partial charge in [-0.05, 0) is 17.7 Å². The highest BCUT2D eigenvalue weighted by Gasteiger charge is 2.10. The molecule has 0 aliphatic carbocycles. The van der Waals surface area contributed by atoms with Crippen LogP contribution >= 0.6 is 0 Å². The van der Waals surface area contributed by atoms with Gasteiger partial charge >= 0.3 is 0 Å². The van der Waals surface area contributed by atoms with E-state index in [1.165, 1.54) is 5.56 Å². The normalized spacial score (nSPS) is 10.8. The number of aromatic nitrogens is 2. The lowest BCUT2D eigenvalue weighted by molar-refractivity contribution is 0.415. The molecule has 0 amide bonds. The second-order valence-corrected chi connectivity index (χ2v) is 5.37. The van der Waals surface area contributed by atoms with E-state index in [0.717, 1.165) is 35.7 Å². The van der Waals surface area contributed by atoms with E-state index >= 15 is 0 Å². The summed E-state index contributed by atoms with van der Waals surface area (Å²) in [4.78, 5) is 4.74. The summed E-state index contributed by atoms with van der Waals surface area (Å²) in [5.74, 6) is 1.83. The molecule has 3 rings (SSSR count). The minimum Gasteiger partial charge on any atom is -0.497 e. The molecule has 1 aromatic heterocycles. The van der Waals surface area contributed by atoms with Crippen LogP contribution in [0.2, 0.25) is 0 Å². The number of allylic oxidation sites excluding steroid dienone is 1. The maximum Gasteiger partial charge on any atom is 0.124 e. The van der Waals surface area contributed by atoms with Crippen molar-refractivity contribution >= 4 is 11.0 Å². The number of benzene rings is 2. The molecule has 0 spiro atoms. The molecule has 1 heterocycles. The number of nitrogens with one attached hydrogen (secondary N) is 1. The molecule has 0 aliphatic rings. The lowest BCUT2D eigenvalue weighted by atomic mass is 10.2. The maximum absolute atomic E-state index is 5.29. The molecule has 0 unspecified atom stereocenters. The SMILES string of the molecule is C=CCn1c(CNCc2ccccc2)nc2cc(OC)ccc21. The number of hydrogen-bond acceptors (Lipinski definition) is 3. The first-order valence-corrected chi connectivity index (χ1v) is 7.70. The van der Waals surface area contributed by atoms with E-state index in [4.69, 9.17) is 9.72 Å². The fraction of sp³-hybridized carbons (Fsp3) is 0.211. The Hall–Kier alpha value is -2.59. The molecule has 0 fully saturated rings. The molecule has 0 saturated carbocycles. The lowest BCUT2D eigenvalue weighted by Crippen LogP contribution is -2.16. The van der Waals surface area contributed by atoms with Crippen LogP contribution < -0.4 is 10.1 Å². The number of hydrogen-bond donors (Lipinski definition) is 1. The lowest BCUT2D eigenvalue weighted by Gasteiger charge is -2.08. The van der Waals surface area contributed by atoms with Crippen LogP contribution in [0.4, 0.5) is 0 Å². The van der Waals surface area contributed by atoms with Gasteiger partial charge in [-0.25, -0.2) is 4.98 Å². The Labute approximate surface area is 136 Å². The van der Waals surface area contributed by atoms with Gasteiger partial charge in [0.05, 0.1) is 24.7 Å². The van der Waals surface area contributed by atoms with E-state index in [2.05, 4.69) is 40.7 Å². The number of methoxy groups -OCH3 is 1. The van der Waals surface area contributed by atoms with Crippen LogP contribution in [0.3, 0.4) is 0 Å². The van der Waals surface area contributed by atoms with Crippen LogP contribution in [-0.4, -0.2) is 16.7 Å². The highest BCUT2D eigenvalue weighted by atomic mass is 16.5. The number of imidazole rings is 1. The third kappa shape index (κ3) is 3.43. The van der Waals surface area contributed by atoms with Crippen molar-refractivity contribution < 1.29 is 4.74 Å². The van der Waals surface area contributed by atoms with Crippen molar-refractivity contribution in [2.75, 3.05) is 7.11 Å². The Bertz CT molecular complexity index is 793. The van der Waals surface area contributed by atoms with Gasteiger partial charge in [-0.15, -0.1) is 6.58 Å². The number of fused-ring (bicyclic) bond motifs is 1. The average Bonchev–Trinajstić information content (AvgIpc) is 2.93. The molecule has 118 valence electrons. The number of rotatable bonds is 7. The smallest absolute Gasteiger partial charge is 0.124 e. The summed E-state index contributed by atoms with van der Waals surface area (Å²) >= 11 is 0. The molecule has 0 bridgehead atoms. The van der Waals surface area contributed by atoms with E-state index in [9.17, 15) is 0 Å². The summed E-state index contributed by atoms with van der Waals surface area (Å²) < 4.78 is 7.47. The fourth-order valence-corrected chi connectivity index (χ4v) is 2.67. The Kier molecular flexibility index (Phi) is 4.74. The van der Waals surface area contributed by atoms with Crippen molar-refractivity contribution in [1.29, 1.82) is 0 Å². The number of nitrogens with zero attached hydrogens (tertiary/aromatic N) is 2. The van der Waals surface area contributed by atoms with Crippen molar-refractivity contribution in [1.82, 2.24) is 14.9 Å². The Morgan fingerprint density at radius 3 is 2.74 bits per heavy atom. The van der Waals surface area contributed by atoms with Gasteiger partial charge in [0.1, 0.15) is 11.6 Å². The summed E-state index contributed by atoms with van der Waals surface area (Å²) in [6, 6.07) is 16.3. The van der Waals surface area contributed by atoms with Gasteiger partial charge in [-0.3, -0.25) is 0 Å². The van der Waals surface area contributed by atoms with E-state index in [0.29, 0.717) is 6.54 Å². The standard InChI is InChI=1S/C19H21N3O/c1-3-11-22-18-10-9-16(23-2)12-17(18)21-19(22)14-20-13-15-7-5-4-6-8-15/h3-10,12,20H,1,11,13-14H2,2H3. The zero-order chi connectivity index (χ0) is 16.1. The molecule has 0 saturated heterocycles. The van der Waals surface area contributed by atoms with Crippen LogP contribution in [0.5, 0.6) is 5.75 Å². The van der Waals surface area contributed by atoms with Gasteiger partial charge in [-0.1, -0.05) is 36.4 Å². The fourth-order valence-electron chi connectivity index (χ4n) is 2.67. The van der Waals surface area contributed by atoms with Crippen LogP contribution in [0.15, 0.2) is 61.2 Å². The van der Waals surface area contributed by atoms with Gasteiger partial charge in [0.15, 0.2) is 0 Å². The first-order valence-electron chi connectivity index (χ1n) is 7.70. The van der Waals surface area contributed by atoms with Crippen LogP contribution in [0.1, 0.15) is 11.4 Å². The van der Waals surface area contributed by atoms with Crippen molar-refractivity contribution in [2.24, 2.45) is 0 Å². The summed E-state index contributed by atoms with van der Waals surface area (Å²) in [6.07, 6.45) is 1.89. The summed E-state index contributed by atoms with van der Waals surface area (Å²) in [6.45, 7) is 6.12. The van der Waals surface area contributed by atoms with Crippen LogP contribution in [-0.2, 0) is 19.6 Å². The molecular weight excluding hydrogens is 286 g/mol. The summed E-state index contributed by atoms with van der Waals surface area (Å²) in [7, 11) is 1.67. The molecule has 4 heteroatoms. The quantitative estimate of drug-likeness (QED) is 0.679. The largest absolute Gasteiger partial charge is 0.497 e. The molecule has 4 nitrogen and oxygen atoms in total. The predicted octanol–water partition coefficient (Wildman–Crippen LogP) is 3.52. The van der Waals surface area contributed by atoms with Crippen LogP contribution in [0, 0.1) is 0 Å². The molecule has 1 N–H and O–H groups in total. The highest BCUT2D eigenvalue weighted by molar-refractivity contribution is 5.77. The molecule has 0 radical (unpaired) electrons. The Morgan fingerprint density at radius 1 is 1.17 bits per heavy atom. The molecule has 0 aliphatic heterocycles. The number of ether oxygens (including phenoxy) is 1. The predicted molar refractivity (Wildman–Crippen MR) is 93.5 cm³/mol. The second-order valence-electron chi connectivity index (χ2n) is 5.37. The van der Waals surface area contributed by atoms with Crippen molar-refractivity contribution in [3.63, 3.8) is 0 Å². The van der Waals surface area contributed by atoms with E-state index < -0.39 is 0 Å². The minimum absolute atomic E-state index is 0.708. The first kappa shape index (κ1) is 15.3. The topological polar surface area (TPSA) is 39.1 Å². The zero-order valence-corrected chi connectivity index (χ0v) is 13.3. The van der Waals surface area contributed by atoms with Gasteiger partial charge in [-0.2, -0.15) is 0 Å². The minimum atomic E-state index is 0.708. The zero-order valence-electron chi connectivity index (χ0n) is 13.3. The van der Waals surface area contributed by atoms with Crippen LogP contribution in [0.25, 0.3) is 11.0 Å². The van der Waals surface area contributed by atoms with Gasteiger partial charge in [0, 0.05) is 19.2 Å². The highest BCUT2D eigenvalue weighted by Crippen LogP contribution is 2.22.